The van der Waals surface area contributed by atoms with Crippen LogP contribution < -0.4 is 5.32 Å². The Morgan fingerprint density at radius 2 is 1.62 bits per heavy atom. The van der Waals surface area contributed by atoms with Gasteiger partial charge in [0.15, 0.2) is 0 Å². The molecule has 134 valence electrons. The summed E-state index contributed by atoms with van der Waals surface area (Å²) >= 11 is 0. The van der Waals surface area contributed by atoms with E-state index in [0.29, 0.717) is 22.2 Å². The second-order valence-corrected chi connectivity index (χ2v) is 11.1. The van der Waals surface area contributed by atoms with Gasteiger partial charge in [0, 0.05) is 13.1 Å². The van der Waals surface area contributed by atoms with Crippen LogP contribution in [0.1, 0.15) is 71.6 Å². The van der Waals surface area contributed by atoms with Gasteiger partial charge in [-0.25, -0.2) is 0 Å². The molecule has 2 saturated heterocycles. The summed E-state index contributed by atoms with van der Waals surface area (Å²) < 4.78 is 0. The standard InChI is InChI=1S/C21H34N2O/c1-18-9-16-10-19(2,12-18)14-21(11-16,13-18)17(24)23-8-5-20(15-23)3-6-22-7-4-20/h16,22H,3-15H2,1-2H3. The number of carbonyl (C=O) groups is 1. The molecule has 1 N–H and O–H groups in total. The number of hydrogen-bond donors (Lipinski definition) is 1. The molecule has 1 amide bonds. The Bertz CT molecular complexity index is 546. The number of rotatable bonds is 1. The van der Waals surface area contributed by atoms with Crippen LogP contribution >= 0.6 is 0 Å². The molecule has 24 heavy (non-hydrogen) atoms. The summed E-state index contributed by atoms with van der Waals surface area (Å²) in [5.74, 6) is 1.37. The first-order valence-corrected chi connectivity index (χ1v) is 10.3. The summed E-state index contributed by atoms with van der Waals surface area (Å²) in [4.78, 5) is 16.0. The Morgan fingerprint density at radius 1 is 0.958 bits per heavy atom. The average molecular weight is 331 g/mol. The van der Waals surface area contributed by atoms with E-state index in [-0.39, 0.29) is 5.41 Å². The summed E-state index contributed by atoms with van der Waals surface area (Å²) in [6.45, 7) is 9.33. The number of piperidine rings is 1. The van der Waals surface area contributed by atoms with E-state index in [0.717, 1.165) is 32.1 Å². The zero-order valence-electron chi connectivity index (χ0n) is 15.6. The molecule has 6 aliphatic rings. The number of likely N-dealkylation sites (tertiary alicyclic amines) is 1. The van der Waals surface area contributed by atoms with Crippen LogP contribution in [0.2, 0.25) is 0 Å². The molecule has 4 aliphatic carbocycles. The molecule has 0 aromatic heterocycles. The smallest absolute Gasteiger partial charge is 0.228 e. The monoisotopic (exact) mass is 330 g/mol. The Morgan fingerprint density at radius 3 is 2.25 bits per heavy atom. The summed E-state index contributed by atoms with van der Waals surface area (Å²) in [6, 6.07) is 0. The van der Waals surface area contributed by atoms with Crippen LogP contribution in [0.3, 0.4) is 0 Å². The molecule has 2 atom stereocenters. The quantitative estimate of drug-likeness (QED) is 0.797. The predicted octanol–water partition coefficient (Wildman–Crippen LogP) is 3.59. The van der Waals surface area contributed by atoms with E-state index >= 15 is 0 Å². The molecular formula is C21H34N2O. The minimum Gasteiger partial charge on any atom is -0.342 e. The Kier molecular flexibility index (Phi) is 3.12. The molecule has 4 bridgehead atoms. The predicted molar refractivity (Wildman–Crippen MR) is 95.6 cm³/mol. The van der Waals surface area contributed by atoms with E-state index in [1.165, 1.54) is 57.8 Å². The highest BCUT2D eigenvalue weighted by Crippen LogP contribution is 2.70. The van der Waals surface area contributed by atoms with Gasteiger partial charge < -0.3 is 10.2 Å². The van der Waals surface area contributed by atoms with E-state index in [1.807, 2.05) is 0 Å². The normalized spacial score (nSPS) is 49.1. The van der Waals surface area contributed by atoms with Crippen LogP contribution in [-0.4, -0.2) is 37.0 Å². The fraction of sp³-hybridized carbons (Fsp3) is 0.952. The van der Waals surface area contributed by atoms with Gasteiger partial charge in [0.05, 0.1) is 5.41 Å². The van der Waals surface area contributed by atoms with Crippen molar-refractivity contribution in [2.45, 2.75) is 71.6 Å². The fourth-order valence-electron chi connectivity index (χ4n) is 8.50. The lowest BCUT2D eigenvalue weighted by Gasteiger charge is -2.65. The van der Waals surface area contributed by atoms with Crippen molar-refractivity contribution in [2.24, 2.45) is 27.6 Å². The average Bonchev–Trinajstić information content (AvgIpc) is 2.87. The van der Waals surface area contributed by atoms with Crippen molar-refractivity contribution >= 4 is 5.91 Å². The van der Waals surface area contributed by atoms with E-state index in [9.17, 15) is 4.79 Å². The molecule has 0 aromatic carbocycles. The van der Waals surface area contributed by atoms with Crippen molar-refractivity contribution in [3.8, 4) is 0 Å². The summed E-state index contributed by atoms with van der Waals surface area (Å²) in [5, 5.41) is 3.50. The van der Waals surface area contributed by atoms with Crippen LogP contribution in [0.15, 0.2) is 0 Å². The van der Waals surface area contributed by atoms with Gasteiger partial charge >= 0.3 is 0 Å². The van der Waals surface area contributed by atoms with Crippen LogP contribution in [-0.2, 0) is 4.79 Å². The Hall–Kier alpha value is -0.570. The minimum absolute atomic E-state index is 0.00135. The number of nitrogens with zero attached hydrogens (tertiary/aromatic N) is 1. The second-order valence-electron chi connectivity index (χ2n) is 11.1. The van der Waals surface area contributed by atoms with Crippen LogP contribution in [0.5, 0.6) is 0 Å². The first-order valence-electron chi connectivity index (χ1n) is 10.3. The van der Waals surface area contributed by atoms with E-state index in [4.69, 9.17) is 0 Å². The molecule has 3 nitrogen and oxygen atoms in total. The van der Waals surface area contributed by atoms with Gasteiger partial charge in [0.2, 0.25) is 5.91 Å². The van der Waals surface area contributed by atoms with Crippen LogP contribution in [0.4, 0.5) is 0 Å². The lowest BCUT2D eigenvalue weighted by molar-refractivity contribution is -0.179. The highest BCUT2D eigenvalue weighted by atomic mass is 16.2. The molecule has 0 aromatic rings. The molecule has 2 heterocycles. The molecule has 6 rings (SSSR count). The molecule has 0 radical (unpaired) electrons. The SMILES string of the molecule is CC12CC3CC(C)(C1)CC(C(=O)N1CCC4(CCNCC4)C1)(C3)C2. The molecule has 2 aliphatic heterocycles. The Balaban J connectivity index is 1.39. The van der Waals surface area contributed by atoms with Crippen molar-refractivity contribution in [3.63, 3.8) is 0 Å². The second kappa shape index (κ2) is 4.78. The van der Waals surface area contributed by atoms with E-state index < -0.39 is 0 Å². The van der Waals surface area contributed by atoms with Crippen molar-refractivity contribution in [1.29, 1.82) is 0 Å². The molecule has 2 unspecified atom stereocenters. The third kappa shape index (κ3) is 2.22. The maximum absolute atomic E-state index is 13.7. The Labute approximate surface area is 146 Å². The molecule has 3 heteroatoms. The molecule has 1 spiro atoms. The van der Waals surface area contributed by atoms with Gasteiger partial charge in [-0.2, -0.15) is 0 Å². The third-order valence-corrected chi connectivity index (χ3v) is 8.47. The van der Waals surface area contributed by atoms with E-state index in [2.05, 4.69) is 24.1 Å². The summed E-state index contributed by atoms with van der Waals surface area (Å²) in [7, 11) is 0. The highest BCUT2D eigenvalue weighted by Gasteiger charge is 2.63. The lowest BCUT2D eigenvalue weighted by Crippen LogP contribution is -2.60. The molecule has 6 fully saturated rings. The molecule has 4 saturated carbocycles. The van der Waals surface area contributed by atoms with Gasteiger partial charge in [0.1, 0.15) is 0 Å². The number of carbonyl (C=O) groups excluding carboxylic acids is 1. The summed E-state index contributed by atoms with van der Waals surface area (Å²) in [5.41, 5.74) is 1.32. The van der Waals surface area contributed by atoms with Gasteiger partial charge in [-0.1, -0.05) is 13.8 Å². The van der Waals surface area contributed by atoms with Crippen molar-refractivity contribution in [1.82, 2.24) is 10.2 Å². The number of hydrogen-bond acceptors (Lipinski definition) is 2. The zero-order valence-corrected chi connectivity index (χ0v) is 15.6. The zero-order chi connectivity index (χ0) is 16.6. The minimum atomic E-state index is 0.00135. The van der Waals surface area contributed by atoms with Gasteiger partial charge in [-0.15, -0.1) is 0 Å². The highest BCUT2D eigenvalue weighted by molar-refractivity contribution is 5.84. The van der Waals surface area contributed by atoms with E-state index in [1.54, 1.807) is 0 Å². The number of amides is 1. The van der Waals surface area contributed by atoms with Crippen molar-refractivity contribution in [3.05, 3.63) is 0 Å². The largest absolute Gasteiger partial charge is 0.342 e. The van der Waals surface area contributed by atoms with Crippen LogP contribution in [0.25, 0.3) is 0 Å². The lowest BCUT2D eigenvalue weighted by atomic mass is 9.40. The first-order chi connectivity index (χ1) is 11.3. The van der Waals surface area contributed by atoms with Gasteiger partial charge in [0.25, 0.3) is 0 Å². The van der Waals surface area contributed by atoms with Gasteiger partial charge in [-0.05, 0) is 93.0 Å². The molecular weight excluding hydrogens is 296 g/mol. The maximum atomic E-state index is 13.7. The topological polar surface area (TPSA) is 32.3 Å². The number of nitrogens with one attached hydrogen (secondary N) is 1. The maximum Gasteiger partial charge on any atom is 0.228 e. The fourth-order valence-corrected chi connectivity index (χ4v) is 8.50. The van der Waals surface area contributed by atoms with Gasteiger partial charge in [-0.3, -0.25) is 4.79 Å². The van der Waals surface area contributed by atoms with Crippen molar-refractivity contribution < 1.29 is 4.79 Å². The third-order valence-electron chi connectivity index (χ3n) is 8.47. The van der Waals surface area contributed by atoms with Crippen LogP contribution in [0, 0.1) is 27.6 Å². The first kappa shape index (κ1) is 15.7. The summed E-state index contributed by atoms with van der Waals surface area (Å²) in [6.07, 6.45) is 11.5. The van der Waals surface area contributed by atoms with Crippen molar-refractivity contribution in [2.75, 3.05) is 26.2 Å².